The van der Waals surface area contributed by atoms with E-state index in [-0.39, 0.29) is 13.0 Å². The minimum Gasteiger partial charge on any atom is -0.480 e. The molecule has 0 unspecified atom stereocenters. The van der Waals surface area contributed by atoms with E-state index in [1.807, 2.05) is 0 Å². The van der Waals surface area contributed by atoms with Gasteiger partial charge >= 0.3 is 23.9 Å². The van der Waals surface area contributed by atoms with Crippen LogP contribution in [-0.4, -0.2) is 56.4 Å². The van der Waals surface area contributed by atoms with Crippen molar-refractivity contribution in [2.75, 3.05) is 6.54 Å². The molecule has 0 aliphatic carbocycles. The molecule has 0 aliphatic heterocycles. The van der Waals surface area contributed by atoms with Gasteiger partial charge < -0.3 is 31.9 Å². The molecule has 19 heavy (non-hydrogen) atoms. The summed E-state index contributed by atoms with van der Waals surface area (Å²) in [6.45, 7) is -0.155. The number of aliphatic carboxylic acids is 4. The van der Waals surface area contributed by atoms with Crippen molar-refractivity contribution in [2.45, 2.75) is 18.4 Å². The molecule has 0 spiro atoms. The molecule has 0 bridgehead atoms. The van der Waals surface area contributed by atoms with Crippen LogP contribution >= 0.6 is 0 Å². The molecule has 10 heteroatoms. The number of carboxylic acids is 4. The van der Waals surface area contributed by atoms with Gasteiger partial charge in [-0.25, -0.2) is 9.59 Å². The van der Waals surface area contributed by atoms with E-state index >= 15 is 0 Å². The molecule has 0 aromatic rings. The van der Waals surface area contributed by atoms with E-state index in [2.05, 4.69) is 0 Å². The molecule has 8 N–H and O–H groups in total. The summed E-state index contributed by atoms with van der Waals surface area (Å²) in [6, 6.07) is 0. The lowest BCUT2D eigenvalue weighted by Crippen LogP contribution is -2.71. The molecule has 0 saturated carbocycles. The van der Waals surface area contributed by atoms with E-state index in [1.54, 1.807) is 0 Å². The lowest BCUT2D eigenvalue weighted by molar-refractivity contribution is -0.186. The molecular formula is C9H14N2O8. The smallest absolute Gasteiger partial charge is 0.337 e. The van der Waals surface area contributed by atoms with Gasteiger partial charge in [0.1, 0.15) is 0 Å². The monoisotopic (exact) mass is 278 g/mol. The zero-order chi connectivity index (χ0) is 15.4. The number of rotatable bonds is 8. The zero-order valence-corrected chi connectivity index (χ0v) is 9.70. The maximum Gasteiger partial charge on any atom is 0.337 e. The Hall–Kier alpha value is -2.20. The Morgan fingerprint density at radius 2 is 1.21 bits per heavy atom. The average molecular weight is 278 g/mol. The summed E-state index contributed by atoms with van der Waals surface area (Å²) in [5.74, 6) is -8.83. The van der Waals surface area contributed by atoms with Gasteiger partial charge in [0, 0.05) is 0 Å². The van der Waals surface area contributed by atoms with E-state index in [0.717, 1.165) is 0 Å². The van der Waals surface area contributed by atoms with Gasteiger partial charge in [0.15, 0.2) is 0 Å². The van der Waals surface area contributed by atoms with Crippen molar-refractivity contribution < 1.29 is 39.6 Å². The maximum atomic E-state index is 11.2. The largest absolute Gasteiger partial charge is 0.480 e. The molecule has 0 radical (unpaired) electrons. The van der Waals surface area contributed by atoms with Crippen LogP contribution < -0.4 is 11.5 Å². The van der Waals surface area contributed by atoms with Gasteiger partial charge in [-0.3, -0.25) is 9.59 Å². The highest BCUT2D eigenvalue weighted by Crippen LogP contribution is 2.36. The maximum absolute atomic E-state index is 11.2. The normalized spacial score (nSPS) is 11.9. The van der Waals surface area contributed by atoms with Crippen molar-refractivity contribution in [1.29, 1.82) is 0 Å². The Morgan fingerprint density at radius 3 is 1.42 bits per heavy atom. The van der Waals surface area contributed by atoms with Gasteiger partial charge in [-0.1, -0.05) is 0 Å². The fourth-order valence-electron chi connectivity index (χ4n) is 1.66. The second kappa shape index (κ2) is 5.63. The summed E-state index contributed by atoms with van der Waals surface area (Å²) in [5.41, 5.74) is 3.48. The molecule has 0 aromatic carbocycles. The Balaban J connectivity index is 6.21. The van der Waals surface area contributed by atoms with Crippen LogP contribution in [0.5, 0.6) is 0 Å². The molecular weight excluding hydrogens is 264 g/mol. The second-order valence-electron chi connectivity index (χ2n) is 3.83. The molecule has 10 nitrogen and oxygen atoms in total. The fraction of sp³-hybridized carbons (Fsp3) is 0.556. The van der Waals surface area contributed by atoms with Gasteiger partial charge in [-0.2, -0.15) is 0 Å². The number of hydrogen-bond donors (Lipinski definition) is 6. The molecule has 0 fully saturated rings. The van der Waals surface area contributed by atoms with E-state index in [4.69, 9.17) is 31.9 Å². The van der Waals surface area contributed by atoms with Gasteiger partial charge in [0.2, 0.25) is 11.0 Å². The summed E-state index contributed by atoms with van der Waals surface area (Å²) >= 11 is 0. The molecule has 0 aliphatic rings. The quantitative estimate of drug-likeness (QED) is 0.263. The Bertz CT molecular complexity index is 390. The van der Waals surface area contributed by atoms with E-state index in [1.165, 1.54) is 0 Å². The van der Waals surface area contributed by atoms with Crippen LogP contribution in [0.3, 0.4) is 0 Å². The lowest BCUT2D eigenvalue weighted by Gasteiger charge is -2.35. The van der Waals surface area contributed by atoms with Gasteiger partial charge in [0.05, 0.1) is 0 Å². The van der Waals surface area contributed by atoms with Crippen LogP contribution in [0, 0.1) is 5.41 Å². The summed E-state index contributed by atoms with van der Waals surface area (Å²) < 4.78 is 0. The molecule has 0 heterocycles. The van der Waals surface area contributed by atoms with E-state index < -0.39 is 41.3 Å². The third-order valence-electron chi connectivity index (χ3n) is 2.83. The van der Waals surface area contributed by atoms with Crippen LogP contribution in [0.1, 0.15) is 12.8 Å². The van der Waals surface area contributed by atoms with Crippen LogP contribution in [0.25, 0.3) is 0 Å². The number of hydrogen-bond acceptors (Lipinski definition) is 6. The van der Waals surface area contributed by atoms with Gasteiger partial charge in [-0.05, 0) is 19.4 Å². The van der Waals surface area contributed by atoms with Crippen LogP contribution in [0.4, 0.5) is 0 Å². The predicted octanol–water partition coefficient (Wildman–Crippen LogP) is -2.25. The molecule has 0 aromatic heterocycles. The first kappa shape index (κ1) is 16.8. The van der Waals surface area contributed by atoms with Gasteiger partial charge in [0.25, 0.3) is 0 Å². The van der Waals surface area contributed by atoms with Crippen molar-refractivity contribution in [3.63, 3.8) is 0 Å². The first-order valence-electron chi connectivity index (χ1n) is 5.01. The number of carboxylic acid groups (broad SMARTS) is 4. The van der Waals surface area contributed by atoms with Crippen LogP contribution in [0.2, 0.25) is 0 Å². The molecule has 0 atom stereocenters. The van der Waals surface area contributed by atoms with Crippen molar-refractivity contribution in [1.82, 2.24) is 0 Å². The fourth-order valence-corrected chi connectivity index (χ4v) is 1.66. The third-order valence-corrected chi connectivity index (χ3v) is 2.83. The standard InChI is InChI=1S/C9H14N2O8/c10-3-1-2-8(4(12)13,5(14)15)9(11,6(16)17)7(18)19/h1-3,10-11H2,(H,12,13)(H,14,15)(H,16,17)(H,18,19). The average Bonchev–Trinajstić information content (AvgIpc) is 2.27. The summed E-state index contributed by atoms with van der Waals surface area (Å²) in [7, 11) is 0. The third kappa shape index (κ3) is 2.35. The molecule has 0 saturated heterocycles. The van der Waals surface area contributed by atoms with Crippen molar-refractivity contribution in [2.24, 2.45) is 16.9 Å². The van der Waals surface area contributed by atoms with Gasteiger partial charge in [-0.15, -0.1) is 0 Å². The highest BCUT2D eigenvalue weighted by Gasteiger charge is 2.69. The Kier molecular flexibility index (Phi) is 4.98. The highest BCUT2D eigenvalue weighted by molar-refractivity contribution is 6.16. The SMILES string of the molecule is NCCCC(C(=O)O)(C(=O)O)C(N)(C(=O)O)C(=O)O. The predicted molar refractivity (Wildman–Crippen MR) is 58.2 cm³/mol. The molecule has 0 rings (SSSR count). The minimum absolute atomic E-state index is 0.155. The van der Waals surface area contributed by atoms with Crippen LogP contribution in [0.15, 0.2) is 0 Å². The topological polar surface area (TPSA) is 201 Å². The lowest BCUT2D eigenvalue weighted by atomic mass is 9.66. The van der Waals surface area contributed by atoms with Crippen molar-refractivity contribution in [3.8, 4) is 0 Å². The summed E-state index contributed by atoms with van der Waals surface area (Å²) in [4.78, 5) is 44.4. The second-order valence-corrected chi connectivity index (χ2v) is 3.83. The van der Waals surface area contributed by atoms with E-state index in [0.29, 0.717) is 0 Å². The first-order valence-corrected chi connectivity index (χ1v) is 5.01. The number of carbonyl (C=O) groups is 4. The molecule has 108 valence electrons. The summed E-state index contributed by atoms with van der Waals surface area (Å²) in [6.07, 6.45) is -1.05. The van der Waals surface area contributed by atoms with E-state index in [9.17, 15) is 19.2 Å². The molecule has 0 amide bonds. The Labute approximate surface area is 106 Å². The minimum atomic E-state index is -3.51. The summed E-state index contributed by atoms with van der Waals surface area (Å²) in [5, 5.41) is 35.8. The first-order chi connectivity index (χ1) is 8.58. The van der Waals surface area contributed by atoms with Crippen molar-refractivity contribution in [3.05, 3.63) is 0 Å². The Morgan fingerprint density at radius 1 is 0.842 bits per heavy atom. The van der Waals surface area contributed by atoms with Crippen LogP contribution in [-0.2, 0) is 19.2 Å². The van der Waals surface area contributed by atoms with Crippen molar-refractivity contribution >= 4 is 23.9 Å². The highest BCUT2D eigenvalue weighted by atomic mass is 16.4. The zero-order valence-electron chi connectivity index (χ0n) is 9.70. The number of nitrogens with two attached hydrogens (primary N) is 2.